The molecule has 0 N–H and O–H groups in total. The van der Waals surface area contributed by atoms with Gasteiger partial charge in [0.25, 0.3) is 11.6 Å². The van der Waals surface area contributed by atoms with Gasteiger partial charge in [-0.15, -0.1) is 0 Å². The van der Waals surface area contributed by atoms with Crippen LogP contribution in [-0.2, 0) is 9.59 Å². The molecule has 3 aliphatic rings. The molecule has 0 saturated carbocycles. The molecule has 5 rings (SSSR count). The molecule has 2 aromatic rings. The first-order chi connectivity index (χ1) is 14.3. The Morgan fingerprint density at radius 2 is 1.83 bits per heavy atom. The van der Waals surface area contributed by atoms with Crippen LogP contribution in [0.5, 0.6) is 0 Å². The van der Waals surface area contributed by atoms with Crippen LogP contribution < -0.4 is 4.90 Å². The predicted molar refractivity (Wildman–Crippen MR) is 108 cm³/mol. The minimum atomic E-state index is -0.701. The van der Waals surface area contributed by atoms with Crippen molar-refractivity contribution in [2.75, 3.05) is 11.4 Å². The highest BCUT2D eigenvalue weighted by Gasteiger charge is 2.63. The van der Waals surface area contributed by atoms with Crippen molar-refractivity contribution >= 4 is 40.0 Å². The Morgan fingerprint density at radius 1 is 1.13 bits per heavy atom. The van der Waals surface area contributed by atoms with E-state index < -0.39 is 17.0 Å². The zero-order chi connectivity index (χ0) is 21.3. The molecular formula is C21H20N4O5. The van der Waals surface area contributed by atoms with Crippen LogP contribution in [0.3, 0.4) is 0 Å². The van der Waals surface area contributed by atoms with Gasteiger partial charge >= 0.3 is 6.03 Å². The summed E-state index contributed by atoms with van der Waals surface area (Å²) in [5.41, 5.74) is 0.254. The summed E-state index contributed by atoms with van der Waals surface area (Å²) in [6.07, 6.45) is 0.607. The summed E-state index contributed by atoms with van der Waals surface area (Å²) in [6, 6.07) is 7.82. The van der Waals surface area contributed by atoms with Crippen molar-refractivity contribution in [1.82, 2.24) is 9.80 Å². The summed E-state index contributed by atoms with van der Waals surface area (Å²) in [6.45, 7) is 4.08. The number of nitrogens with zero attached hydrogens (tertiary/aromatic N) is 4. The molecule has 4 amide bonds. The summed E-state index contributed by atoms with van der Waals surface area (Å²) >= 11 is 0. The molecule has 0 unspecified atom stereocenters. The number of anilines is 1. The van der Waals surface area contributed by atoms with Crippen molar-refractivity contribution in [2.45, 2.75) is 38.4 Å². The number of hydrogen-bond donors (Lipinski definition) is 0. The standard InChI is InChI=1S/C21H20N4O5/c1-11(2)19(26)22-10-12-9-17(22)18-20(27)24(21(28)23(12)18)15-7-8-16(25(29)30)14-6-4-3-5-13(14)15/h3-8,11-12,17-18H,9-10H2,1-2H3/t12-,17-,18+/m0/s1. The highest BCUT2D eigenvalue weighted by Crippen LogP contribution is 2.44. The maximum atomic E-state index is 13.4. The highest BCUT2D eigenvalue weighted by atomic mass is 16.6. The number of piperazine rings is 1. The number of nitro groups is 1. The van der Waals surface area contributed by atoms with E-state index in [0.29, 0.717) is 29.4 Å². The molecule has 3 aliphatic heterocycles. The lowest BCUT2D eigenvalue weighted by atomic mass is 10.0. The third kappa shape index (κ3) is 2.31. The first-order valence-electron chi connectivity index (χ1n) is 9.94. The van der Waals surface area contributed by atoms with Gasteiger partial charge < -0.3 is 9.80 Å². The van der Waals surface area contributed by atoms with Crippen LogP contribution in [0.1, 0.15) is 20.3 Å². The van der Waals surface area contributed by atoms with Crippen LogP contribution in [0, 0.1) is 16.0 Å². The number of fused-ring (bicyclic) bond motifs is 6. The predicted octanol–water partition coefficient (Wildman–Crippen LogP) is 2.52. The van der Waals surface area contributed by atoms with Gasteiger partial charge in [0.1, 0.15) is 6.04 Å². The van der Waals surface area contributed by atoms with E-state index in [4.69, 9.17) is 0 Å². The minimum absolute atomic E-state index is 0.0124. The van der Waals surface area contributed by atoms with Gasteiger partial charge in [-0.3, -0.25) is 19.7 Å². The Labute approximate surface area is 172 Å². The van der Waals surface area contributed by atoms with Gasteiger partial charge in [0.05, 0.1) is 28.1 Å². The molecule has 3 fully saturated rings. The van der Waals surface area contributed by atoms with Gasteiger partial charge in [-0.05, 0) is 18.6 Å². The number of imide groups is 1. The van der Waals surface area contributed by atoms with Crippen LogP contribution >= 0.6 is 0 Å². The average molecular weight is 408 g/mol. The van der Waals surface area contributed by atoms with E-state index >= 15 is 0 Å². The summed E-state index contributed by atoms with van der Waals surface area (Å²) in [7, 11) is 0. The first-order valence-corrected chi connectivity index (χ1v) is 9.94. The van der Waals surface area contributed by atoms with Crippen LogP contribution in [0.15, 0.2) is 36.4 Å². The Balaban J connectivity index is 1.57. The quantitative estimate of drug-likeness (QED) is 0.441. The number of urea groups is 1. The number of likely N-dealkylation sites (tertiary alicyclic amines) is 1. The highest BCUT2D eigenvalue weighted by molar-refractivity contribution is 6.25. The second-order valence-electron chi connectivity index (χ2n) is 8.32. The summed E-state index contributed by atoms with van der Waals surface area (Å²) in [4.78, 5) is 54.6. The smallest absolute Gasteiger partial charge is 0.332 e. The molecular weight excluding hydrogens is 388 g/mol. The van der Waals surface area contributed by atoms with Crippen LogP contribution in [0.25, 0.3) is 10.8 Å². The molecule has 2 aromatic carbocycles. The van der Waals surface area contributed by atoms with Gasteiger partial charge in [0.15, 0.2) is 0 Å². The number of amides is 4. The maximum Gasteiger partial charge on any atom is 0.332 e. The lowest BCUT2D eigenvalue weighted by molar-refractivity contribution is -0.383. The SMILES string of the molecule is CC(C)C(=O)N1C[C@@H]2C[C@H]1[C@@H]1C(=O)N(c3ccc([N+](=O)[O-])c4ccccc34)C(=O)N21. The Kier molecular flexibility index (Phi) is 3.86. The zero-order valence-corrected chi connectivity index (χ0v) is 16.5. The van der Waals surface area contributed by atoms with Crippen molar-refractivity contribution in [3.63, 3.8) is 0 Å². The van der Waals surface area contributed by atoms with Crippen LogP contribution in [-0.4, -0.2) is 57.2 Å². The van der Waals surface area contributed by atoms with Gasteiger partial charge in [-0.2, -0.15) is 0 Å². The molecule has 3 atom stereocenters. The van der Waals surface area contributed by atoms with Gasteiger partial charge in [0, 0.05) is 23.9 Å². The summed E-state index contributed by atoms with van der Waals surface area (Å²) < 4.78 is 0. The second kappa shape index (κ2) is 6.25. The van der Waals surface area contributed by atoms with E-state index in [1.165, 1.54) is 12.1 Å². The summed E-state index contributed by atoms with van der Waals surface area (Å²) in [5, 5.41) is 12.2. The number of non-ortho nitro benzene ring substituents is 1. The van der Waals surface area contributed by atoms with E-state index in [-0.39, 0.29) is 35.5 Å². The largest absolute Gasteiger partial charge is 0.335 e. The number of carbonyl (C=O) groups excluding carboxylic acids is 3. The van der Waals surface area contributed by atoms with Gasteiger partial charge in [-0.25, -0.2) is 9.69 Å². The molecule has 0 spiro atoms. The first kappa shape index (κ1) is 18.5. The molecule has 9 heteroatoms. The number of benzene rings is 2. The molecule has 154 valence electrons. The third-order valence-corrected chi connectivity index (χ3v) is 6.36. The fourth-order valence-electron chi connectivity index (χ4n) is 5.09. The lowest BCUT2D eigenvalue weighted by Gasteiger charge is -2.35. The average Bonchev–Trinajstić information content (AvgIpc) is 3.38. The number of carbonyl (C=O) groups is 3. The molecule has 30 heavy (non-hydrogen) atoms. The number of rotatable bonds is 3. The van der Waals surface area contributed by atoms with Crippen molar-refractivity contribution in [2.24, 2.45) is 5.92 Å². The van der Waals surface area contributed by atoms with Crippen molar-refractivity contribution in [1.29, 1.82) is 0 Å². The Morgan fingerprint density at radius 3 is 2.50 bits per heavy atom. The molecule has 0 aliphatic carbocycles. The van der Waals surface area contributed by atoms with Gasteiger partial charge in [0.2, 0.25) is 5.91 Å². The van der Waals surface area contributed by atoms with E-state index in [0.717, 1.165) is 4.90 Å². The number of nitro benzene ring substituents is 1. The molecule has 2 bridgehead atoms. The molecule has 0 aromatic heterocycles. The fraction of sp³-hybridized carbons (Fsp3) is 0.381. The lowest BCUT2D eigenvalue weighted by Crippen LogP contribution is -2.55. The van der Waals surface area contributed by atoms with E-state index in [9.17, 15) is 24.5 Å². The topological polar surface area (TPSA) is 104 Å². The molecule has 0 radical (unpaired) electrons. The fourth-order valence-corrected chi connectivity index (χ4v) is 5.09. The van der Waals surface area contributed by atoms with E-state index in [1.807, 2.05) is 13.8 Å². The number of hydrogen-bond acceptors (Lipinski definition) is 5. The van der Waals surface area contributed by atoms with Crippen molar-refractivity contribution in [3.8, 4) is 0 Å². The second-order valence-corrected chi connectivity index (χ2v) is 8.32. The molecule has 9 nitrogen and oxygen atoms in total. The molecule has 3 heterocycles. The van der Waals surface area contributed by atoms with Crippen molar-refractivity contribution < 1.29 is 19.3 Å². The van der Waals surface area contributed by atoms with Crippen molar-refractivity contribution in [3.05, 3.63) is 46.5 Å². The van der Waals surface area contributed by atoms with Crippen LogP contribution in [0.2, 0.25) is 0 Å². The van der Waals surface area contributed by atoms with E-state index in [2.05, 4.69) is 0 Å². The molecule has 3 saturated heterocycles. The van der Waals surface area contributed by atoms with Gasteiger partial charge in [-0.1, -0.05) is 32.0 Å². The van der Waals surface area contributed by atoms with Crippen LogP contribution in [0.4, 0.5) is 16.2 Å². The Bertz CT molecular complexity index is 1130. The zero-order valence-electron chi connectivity index (χ0n) is 16.5. The minimum Gasteiger partial charge on any atom is -0.335 e. The monoisotopic (exact) mass is 408 g/mol. The third-order valence-electron chi connectivity index (χ3n) is 6.36. The summed E-state index contributed by atoms with van der Waals surface area (Å²) in [5.74, 6) is -0.575. The van der Waals surface area contributed by atoms with E-state index in [1.54, 1.807) is 34.1 Å². The normalized spacial score (nSPS) is 25.0. The Hall–Kier alpha value is -3.49. The maximum absolute atomic E-state index is 13.4.